The van der Waals surface area contributed by atoms with Crippen molar-refractivity contribution < 1.29 is 29.6 Å². The minimum absolute atomic E-state index is 0.0467. The summed E-state index contributed by atoms with van der Waals surface area (Å²) in [7, 11) is 5.33. The van der Waals surface area contributed by atoms with E-state index in [4.69, 9.17) is 19.4 Å². The second-order valence-electron chi connectivity index (χ2n) is 3.26. The van der Waals surface area contributed by atoms with E-state index in [1.807, 2.05) is 0 Å². The number of aromatic nitrogens is 3. The maximum atomic E-state index is 9.20. The fourth-order valence-corrected chi connectivity index (χ4v) is 1.29. The fourth-order valence-electron chi connectivity index (χ4n) is 1.29. The zero-order valence-electron chi connectivity index (χ0n) is 12.1. The Morgan fingerprint density at radius 3 is 1.38 bits per heavy atom. The van der Waals surface area contributed by atoms with E-state index in [0.717, 1.165) is 15.4 Å². The normalized spacial score (nSPS) is 10.6. The Hall–Kier alpha value is -1.83. The lowest BCUT2D eigenvalue weighted by atomic mass is 10.8. The van der Waals surface area contributed by atoms with Gasteiger partial charge in [-0.1, -0.05) is 5.23 Å². The maximum absolute atomic E-state index is 9.20. The summed E-state index contributed by atoms with van der Waals surface area (Å²) in [5.74, 6) is -0.143. The Morgan fingerprint density at radius 2 is 1.10 bits per heavy atom. The first-order valence-electron chi connectivity index (χ1n) is 5.64. The Bertz CT molecular complexity index is 351. The molecular weight excluding hydrogens is 288 g/mol. The van der Waals surface area contributed by atoms with Gasteiger partial charge in [-0.05, 0) is 0 Å². The zero-order chi connectivity index (χ0) is 15.8. The van der Waals surface area contributed by atoms with Gasteiger partial charge in [0, 0.05) is 0 Å². The van der Waals surface area contributed by atoms with Crippen LogP contribution in [0.4, 0.5) is 17.8 Å². The van der Waals surface area contributed by atoms with Gasteiger partial charge in [0.15, 0.2) is 0 Å². The smallest absolute Gasteiger partial charge is 0.284 e. The highest BCUT2D eigenvalue weighted by molar-refractivity contribution is 5.41. The lowest BCUT2D eigenvalue weighted by Gasteiger charge is -2.23. The number of rotatable bonds is 9. The summed E-state index contributed by atoms with van der Waals surface area (Å²) < 4.78 is 0. The van der Waals surface area contributed by atoms with Crippen LogP contribution in [-0.4, -0.2) is 67.1 Å². The van der Waals surface area contributed by atoms with Crippen LogP contribution >= 0.6 is 0 Å². The summed E-state index contributed by atoms with van der Waals surface area (Å²) in [4.78, 5) is 31.6. The largest absolute Gasteiger partial charge is 0.374 e. The van der Waals surface area contributed by atoms with E-state index < -0.39 is 13.5 Å². The van der Waals surface area contributed by atoms with Gasteiger partial charge in [-0.15, -0.1) is 0 Å². The van der Waals surface area contributed by atoms with Crippen molar-refractivity contribution in [2.45, 2.75) is 0 Å². The quantitative estimate of drug-likeness (QED) is 0.404. The van der Waals surface area contributed by atoms with E-state index in [2.05, 4.69) is 15.0 Å². The van der Waals surface area contributed by atoms with Crippen molar-refractivity contribution in [3.05, 3.63) is 0 Å². The first kappa shape index (κ1) is 17.2. The van der Waals surface area contributed by atoms with Crippen LogP contribution in [0.2, 0.25) is 0 Å². The average molecular weight is 306 g/mol. The molecule has 1 rings (SSSR count). The van der Waals surface area contributed by atoms with Crippen LogP contribution in [0.5, 0.6) is 0 Å². The topological polar surface area (TPSA) is 126 Å². The SMILES string of the molecule is CON(CO)c1nc(N(CO)OC)nc(N(OC)OC)n1. The Kier molecular flexibility index (Phi) is 6.93. The van der Waals surface area contributed by atoms with Crippen LogP contribution < -0.4 is 15.4 Å². The third-order valence-corrected chi connectivity index (χ3v) is 2.24. The predicted molar refractivity (Wildman–Crippen MR) is 69.5 cm³/mol. The molecule has 0 saturated heterocycles. The van der Waals surface area contributed by atoms with Crippen LogP contribution in [0.1, 0.15) is 0 Å². The summed E-state index contributed by atoms with van der Waals surface area (Å²) >= 11 is 0. The van der Waals surface area contributed by atoms with Crippen LogP contribution in [0, 0.1) is 0 Å². The molecule has 0 bridgehead atoms. The first-order valence-corrected chi connectivity index (χ1v) is 5.64. The van der Waals surface area contributed by atoms with E-state index in [1.54, 1.807) is 0 Å². The number of nitrogens with zero attached hydrogens (tertiary/aromatic N) is 6. The van der Waals surface area contributed by atoms with Crippen molar-refractivity contribution in [1.82, 2.24) is 15.0 Å². The van der Waals surface area contributed by atoms with Crippen molar-refractivity contribution in [1.29, 1.82) is 0 Å². The molecule has 0 aliphatic carbocycles. The average Bonchev–Trinajstić information content (AvgIpc) is 2.51. The van der Waals surface area contributed by atoms with Crippen LogP contribution in [0.25, 0.3) is 0 Å². The van der Waals surface area contributed by atoms with Crippen LogP contribution in [-0.2, 0) is 19.4 Å². The molecule has 12 nitrogen and oxygen atoms in total. The first-order chi connectivity index (χ1) is 10.1. The van der Waals surface area contributed by atoms with Gasteiger partial charge >= 0.3 is 0 Å². The molecule has 0 aromatic carbocycles. The highest BCUT2D eigenvalue weighted by Crippen LogP contribution is 2.19. The summed E-state index contributed by atoms with van der Waals surface area (Å²) in [6, 6.07) is 0. The van der Waals surface area contributed by atoms with Crippen LogP contribution in [0.3, 0.4) is 0 Å². The van der Waals surface area contributed by atoms with Crippen molar-refractivity contribution in [2.24, 2.45) is 0 Å². The third kappa shape index (κ3) is 4.07. The summed E-state index contributed by atoms with van der Waals surface area (Å²) in [5.41, 5.74) is 0. The molecule has 2 N–H and O–H groups in total. The van der Waals surface area contributed by atoms with E-state index in [9.17, 15) is 10.2 Å². The molecule has 0 fully saturated rings. The molecule has 0 aliphatic rings. The minimum atomic E-state index is -0.508. The van der Waals surface area contributed by atoms with Crippen molar-refractivity contribution in [3.63, 3.8) is 0 Å². The second-order valence-corrected chi connectivity index (χ2v) is 3.26. The Labute approximate surface area is 120 Å². The van der Waals surface area contributed by atoms with Gasteiger partial charge in [0.1, 0.15) is 13.5 Å². The summed E-state index contributed by atoms with van der Waals surface area (Å²) in [6.07, 6.45) is 0. The van der Waals surface area contributed by atoms with Gasteiger partial charge in [-0.25, -0.2) is 9.68 Å². The molecule has 0 amide bonds. The monoisotopic (exact) mass is 306 g/mol. The molecule has 0 atom stereocenters. The van der Waals surface area contributed by atoms with Gasteiger partial charge in [0.25, 0.3) is 17.8 Å². The maximum Gasteiger partial charge on any atom is 0.284 e. The number of aliphatic hydroxyl groups is 2. The van der Waals surface area contributed by atoms with Crippen molar-refractivity contribution in [3.8, 4) is 0 Å². The molecule has 0 spiro atoms. The van der Waals surface area contributed by atoms with Crippen molar-refractivity contribution in [2.75, 3.05) is 57.3 Å². The second kappa shape index (κ2) is 8.46. The molecule has 0 saturated carbocycles. The highest BCUT2D eigenvalue weighted by Gasteiger charge is 2.20. The van der Waals surface area contributed by atoms with E-state index >= 15 is 0 Å². The van der Waals surface area contributed by atoms with Crippen LogP contribution in [0.15, 0.2) is 0 Å². The number of aliphatic hydroxyl groups excluding tert-OH is 2. The number of hydroxylamine groups is 2. The number of hydrogen-bond donors (Lipinski definition) is 2. The molecule has 1 aromatic heterocycles. The van der Waals surface area contributed by atoms with Gasteiger partial charge in [-0.3, -0.25) is 9.68 Å². The lowest BCUT2D eigenvalue weighted by Crippen LogP contribution is -2.31. The standard InChI is InChI=1S/C9H18N6O6/c1-18-13(5-16)7-10-8(14(6-17)19-2)12-9(11-7)15(20-3)21-4/h16-17H,5-6H2,1-4H3. The highest BCUT2D eigenvalue weighted by atomic mass is 16.9. The molecule has 1 aromatic rings. The zero-order valence-corrected chi connectivity index (χ0v) is 12.1. The molecule has 21 heavy (non-hydrogen) atoms. The lowest BCUT2D eigenvalue weighted by molar-refractivity contribution is -0.0474. The number of hydrogen-bond acceptors (Lipinski definition) is 12. The molecular formula is C9H18N6O6. The Morgan fingerprint density at radius 1 is 0.714 bits per heavy atom. The molecule has 1 heterocycles. The van der Waals surface area contributed by atoms with E-state index in [1.165, 1.54) is 28.4 Å². The van der Waals surface area contributed by atoms with Gasteiger partial charge < -0.3 is 10.2 Å². The van der Waals surface area contributed by atoms with E-state index in [-0.39, 0.29) is 17.8 Å². The van der Waals surface area contributed by atoms with Gasteiger partial charge in [0.2, 0.25) is 0 Å². The molecule has 0 aliphatic heterocycles. The number of anilines is 3. The summed E-state index contributed by atoms with van der Waals surface area (Å²) in [6.45, 7) is -1.02. The molecule has 12 heteroatoms. The molecule has 120 valence electrons. The predicted octanol–water partition coefficient (Wildman–Crippen LogP) is -1.56. The van der Waals surface area contributed by atoms with E-state index in [0.29, 0.717) is 0 Å². The fraction of sp³-hybridized carbons (Fsp3) is 0.667. The molecule has 0 unspecified atom stereocenters. The Balaban J connectivity index is 3.30. The minimum Gasteiger partial charge on any atom is -0.374 e. The van der Waals surface area contributed by atoms with Crippen molar-refractivity contribution >= 4 is 17.8 Å². The van der Waals surface area contributed by atoms with Gasteiger partial charge in [0.05, 0.1) is 28.4 Å². The summed E-state index contributed by atoms with van der Waals surface area (Å²) in [5, 5.41) is 21.2. The molecule has 0 radical (unpaired) electrons. The van der Waals surface area contributed by atoms with Gasteiger partial charge in [-0.2, -0.15) is 25.1 Å². The third-order valence-electron chi connectivity index (χ3n) is 2.24.